The topological polar surface area (TPSA) is 67.2 Å². The van der Waals surface area contributed by atoms with E-state index in [2.05, 4.69) is 10.4 Å². The van der Waals surface area contributed by atoms with E-state index in [0.29, 0.717) is 41.8 Å². The van der Waals surface area contributed by atoms with Gasteiger partial charge in [-0.3, -0.25) is 9.48 Å². The molecule has 8 heteroatoms. The molecule has 2 aromatic rings. The van der Waals surface area contributed by atoms with Crippen molar-refractivity contribution in [3.05, 3.63) is 40.2 Å². The van der Waals surface area contributed by atoms with Crippen LogP contribution in [0.4, 0.5) is 18.9 Å². The molecular weight excluding hydrogens is 383 g/mol. The zero-order valence-corrected chi connectivity index (χ0v) is 16.9. The van der Waals surface area contributed by atoms with Crippen molar-refractivity contribution >= 4 is 11.6 Å². The molecule has 0 aliphatic heterocycles. The van der Waals surface area contributed by atoms with E-state index in [0.717, 1.165) is 12.8 Å². The van der Waals surface area contributed by atoms with Gasteiger partial charge in [0.15, 0.2) is 5.69 Å². The zero-order valence-electron chi connectivity index (χ0n) is 16.9. The number of hydrogen-bond donors (Lipinski definition) is 2. The lowest BCUT2D eigenvalue weighted by Gasteiger charge is -2.15. The Hall–Kier alpha value is -2.51. The van der Waals surface area contributed by atoms with E-state index >= 15 is 0 Å². The predicted molar refractivity (Wildman–Crippen MR) is 104 cm³/mol. The van der Waals surface area contributed by atoms with E-state index in [4.69, 9.17) is 0 Å². The molecule has 1 amide bonds. The Morgan fingerprint density at radius 2 is 1.93 bits per heavy atom. The summed E-state index contributed by atoms with van der Waals surface area (Å²) in [5.74, 6) is -0.234. The summed E-state index contributed by atoms with van der Waals surface area (Å²) in [5.41, 5.74) is 1.77. The van der Waals surface area contributed by atoms with E-state index < -0.39 is 17.8 Å². The number of phenolic OH excluding ortho intramolecular Hbond substituents is 1. The van der Waals surface area contributed by atoms with Crippen LogP contribution in [0.2, 0.25) is 0 Å². The predicted octanol–water partition coefficient (Wildman–Crippen LogP) is 4.95. The van der Waals surface area contributed by atoms with Gasteiger partial charge in [-0.25, -0.2) is 0 Å². The Morgan fingerprint density at radius 1 is 1.24 bits per heavy atom. The number of nitrogens with one attached hydrogen (secondary N) is 1. The molecular formula is C21H26F3N3O2. The van der Waals surface area contributed by atoms with Gasteiger partial charge in [0.05, 0.1) is 0 Å². The summed E-state index contributed by atoms with van der Waals surface area (Å²) in [5, 5.41) is 16.6. The van der Waals surface area contributed by atoms with Crippen molar-refractivity contribution in [3.8, 4) is 5.75 Å². The fourth-order valence-electron chi connectivity index (χ4n) is 3.84. The van der Waals surface area contributed by atoms with Crippen LogP contribution in [0.15, 0.2) is 12.1 Å². The number of phenols is 1. The maximum Gasteiger partial charge on any atom is 0.435 e. The first kappa shape index (κ1) is 21.2. The highest BCUT2D eigenvalue weighted by molar-refractivity contribution is 5.91. The number of anilines is 1. The molecule has 0 fully saturated rings. The highest BCUT2D eigenvalue weighted by Gasteiger charge is 2.39. The van der Waals surface area contributed by atoms with Crippen molar-refractivity contribution < 1.29 is 23.1 Å². The molecule has 0 saturated carbocycles. The molecule has 0 bridgehead atoms. The Labute approximate surface area is 167 Å². The van der Waals surface area contributed by atoms with E-state index in [1.54, 1.807) is 19.1 Å². The van der Waals surface area contributed by atoms with Crippen LogP contribution >= 0.6 is 0 Å². The number of fused-ring (bicyclic) bond motifs is 1. The third-order valence-electron chi connectivity index (χ3n) is 5.34. The number of halogens is 3. The molecule has 0 spiro atoms. The molecule has 158 valence electrons. The van der Waals surface area contributed by atoms with Crippen LogP contribution in [0.5, 0.6) is 5.75 Å². The fraction of sp³-hybridized carbons (Fsp3) is 0.524. The second kappa shape index (κ2) is 8.08. The molecule has 0 unspecified atom stereocenters. The van der Waals surface area contributed by atoms with Crippen molar-refractivity contribution in [3.63, 3.8) is 0 Å². The number of rotatable bonds is 4. The van der Waals surface area contributed by atoms with Gasteiger partial charge in [0.2, 0.25) is 5.91 Å². The van der Waals surface area contributed by atoms with Crippen molar-refractivity contribution in [1.82, 2.24) is 9.78 Å². The number of carbonyl (C=O) groups excluding carboxylic acids is 1. The maximum atomic E-state index is 13.4. The molecule has 1 aromatic heterocycles. The van der Waals surface area contributed by atoms with E-state index in [1.165, 1.54) is 4.68 Å². The third-order valence-corrected chi connectivity index (χ3v) is 5.34. The first-order valence-electron chi connectivity index (χ1n) is 9.87. The summed E-state index contributed by atoms with van der Waals surface area (Å²) in [4.78, 5) is 12.6. The average Bonchev–Trinajstić information content (AvgIpc) is 2.79. The highest BCUT2D eigenvalue weighted by Crippen LogP contribution is 2.35. The molecule has 5 nitrogen and oxygen atoms in total. The zero-order chi connectivity index (χ0) is 21.3. The molecule has 1 aliphatic rings. The minimum atomic E-state index is -4.53. The number of aromatic hydroxyl groups is 1. The maximum absolute atomic E-state index is 13.4. The number of aryl methyl sites for hydroxylation is 1. The van der Waals surface area contributed by atoms with Gasteiger partial charge in [-0.2, -0.15) is 18.3 Å². The first-order valence-corrected chi connectivity index (χ1v) is 9.87. The van der Waals surface area contributed by atoms with Crippen molar-refractivity contribution in [2.75, 3.05) is 5.32 Å². The molecule has 0 saturated heterocycles. The fourth-order valence-corrected chi connectivity index (χ4v) is 3.84. The van der Waals surface area contributed by atoms with Crippen LogP contribution < -0.4 is 5.32 Å². The Morgan fingerprint density at radius 3 is 2.59 bits per heavy atom. The van der Waals surface area contributed by atoms with Crippen LogP contribution in [0, 0.1) is 6.92 Å². The largest absolute Gasteiger partial charge is 0.508 e. The number of carbonyl (C=O) groups is 1. The van der Waals surface area contributed by atoms with Crippen LogP contribution in [0.3, 0.4) is 0 Å². The molecule has 29 heavy (non-hydrogen) atoms. The number of hydrogen-bond acceptors (Lipinski definition) is 3. The van der Waals surface area contributed by atoms with Gasteiger partial charge >= 0.3 is 6.18 Å². The van der Waals surface area contributed by atoms with Crippen LogP contribution in [-0.4, -0.2) is 20.8 Å². The van der Waals surface area contributed by atoms with Crippen LogP contribution in [0.25, 0.3) is 0 Å². The van der Waals surface area contributed by atoms with Crippen molar-refractivity contribution in [2.45, 2.75) is 71.5 Å². The standard InChI is InChI=1S/C21H26F3N3O2/c1-12(2)15-10-16(13(3)9-18(15)28)25-19(29)11-27-17-8-6-4-5-7-14(17)20(26-27)21(22,23)24/h9-10,12,28H,4-8,11H2,1-3H3,(H,25,29). The van der Waals surface area contributed by atoms with Crippen molar-refractivity contribution in [2.24, 2.45) is 0 Å². The lowest BCUT2D eigenvalue weighted by atomic mass is 9.99. The van der Waals surface area contributed by atoms with Crippen LogP contribution in [-0.2, 0) is 30.4 Å². The molecule has 0 atom stereocenters. The Bertz CT molecular complexity index is 917. The Kier molecular flexibility index (Phi) is 5.91. The molecule has 2 N–H and O–H groups in total. The van der Waals surface area contributed by atoms with Crippen LogP contribution in [0.1, 0.15) is 67.1 Å². The number of alkyl halides is 3. The quantitative estimate of drug-likeness (QED) is 0.555. The molecule has 1 aromatic carbocycles. The van der Waals surface area contributed by atoms with Gasteiger partial charge in [-0.1, -0.05) is 20.3 Å². The lowest BCUT2D eigenvalue weighted by Crippen LogP contribution is -2.22. The summed E-state index contributed by atoms with van der Waals surface area (Å²) in [7, 11) is 0. The third kappa shape index (κ3) is 4.57. The summed E-state index contributed by atoms with van der Waals surface area (Å²) < 4.78 is 41.5. The van der Waals surface area contributed by atoms with Gasteiger partial charge in [0.25, 0.3) is 0 Å². The van der Waals surface area contributed by atoms with E-state index in [9.17, 15) is 23.1 Å². The normalized spacial score (nSPS) is 14.6. The van der Waals surface area contributed by atoms with E-state index in [1.807, 2.05) is 13.8 Å². The highest BCUT2D eigenvalue weighted by atomic mass is 19.4. The molecule has 0 radical (unpaired) electrons. The second-order valence-electron chi connectivity index (χ2n) is 7.92. The Balaban J connectivity index is 1.87. The first-order chi connectivity index (χ1) is 13.6. The SMILES string of the molecule is Cc1cc(O)c(C(C)C)cc1NC(=O)Cn1nc(C(F)(F)F)c2c1CCCCC2. The number of nitrogens with zero attached hydrogens (tertiary/aromatic N) is 2. The minimum Gasteiger partial charge on any atom is -0.508 e. The molecule has 1 heterocycles. The number of benzene rings is 1. The molecule has 1 aliphatic carbocycles. The second-order valence-corrected chi connectivity index (χ2v) is 7.92. The monoisotopic (exact) mass is 409 g/mol. The minimum absolute atomic E-state index is 0.0579. The summed E-state index contributed by atoms with van der Waals surface area (Å²) >= 11 is 0. The van der Waals surface area contributed by atoms with Crippen molar-refractivity contribution in [1.29, 1.82) is 0 Å². The average molecular weight is 409 g/mol. The van der Waals surface area contributed by atoms with Gasteiger partial charge < -0.3 is 10.4 Å². The summed E-state index contributed by atoms with van der Waals surface area (Å²) in [6.07, 6.45) is -1.37. The summed E-state index contributed by atoms with van der Waals surface area (Å²) in [6, 6.07) is 3.28. The smallest absolute Gasteiger partial charge is 0.435 e. The number of amides is 1. The van der Waals surface area contributed by atoms with Gasteiger partial charge in [-0.15, -0.1) is 0 Å². The lowest BCUT2D eigenvalue weighted by molar-refractivity contribution is -0.142. The van der Waals surface area contributed by atoms with E-state index in [-0.39, 0.29) is 23.8 Å². The van der Waals surface area contributed by atoms with Gasteiger partial charge in [0.1, 0.15) is 12.3 Å². The summed E-state index contributed by atoms with van der Waals surface area (Å²) in [6.45, 7) is 5.32. The molecule has 3 rings (SSSR count). The van der Waals surface area contributed by atoms with Gasteiger partial charge in [0, 0.05) is 16.9 Å². The number of aromatic nitrogens is 2. The van der Waals surface area contributed by atoms with Gasteiger partial charge in [-0.05, 0) is 61.8 Å².